The number of nitrogens with zero attached hydrogens (tertiary/aromatic N) is 1. The monoisotopic (exact) mass is 458 g/mol. The number of rotatable bonds is 6. The quantitative estimate of drug-likeness (QED) is 0.149. The molecule has 0 aliphatic rings. The van der Waals surface area contributed by atoms with Gasteiger partial charge in [0.15, 0.2) is 0 Å². The van der Waals surface area contributed by atoms with Crippen molar-refractivity contribution in [2.24, 2.45) is 0 Å². The summed E-state index contributed by atoms with van der Waals surface area (Å²) in [6.07, 6.45) is 0. The Hall–Kier alpha value is -4.79. The summed E-state index contributed by atoms with van der Waals surface area (Å²) in [5, 5.41) is 14.1. The van der Waals surface area contributed by atoms with Gasteiger partial charge in [0.05, 0.1) is 16.5 Å². The van der Waals surface area contributed by atoms with Crippen molar-refractivity contribution in [2.45, 2.75) is 13.0 Å². The molecule has 1 unspecified atom stereocenters. The second kappa shape index (κ2) is 9.37. The van der Waals surface area contributed by atoms with Crippen molar-refractivity contribution in [3.05, 3.63) is 116 Å². The van der Waals surface area contributed by atoms with Gasteiger partial charge in [0.1, 0.15) is 16.9 Å². The molecule has 1 atom stereocenters. The molecular weight excluding hydrogens is 440 g/mol. The van der Waals surface area contributed by atoms with Crippen molar-refractivity contribution >= 4 is 28.5 Å². The van der Waals surface area contributed by atoms with Crippen LogP contribution in [0.5, 0.6) is 5.75 Å². The molecule has 34 heavy (non-hydrogen) atoms. The number of nitrogens with one attached hydrogen (secondary N) is 1. The van der Waals surface area contributed by atoms with Crippen molar-refractivity contribution in [1.29, 1.82) is 0 Å². The van der Waals surface area contributed by atoms with Gasteiger partial charge in [-0.1, -0.05) is 36.4 Å². The number of hydrogen-bond acceptors (Lipinski definition) is 7. The third-order valence-corrected chi connectivity index (χ3v) is 5.10. The first-order chi connectivity index (χ1) is 16.3. The van der Waals surface area contributed by atoms with E-state index in [0.29, 0.717) is 5.39 Å². The zero-order valence-electron chi connectivity index (χ0n) is 17.9. The van der Waals surface area contributed by atoms with E-state index < -0.39 is 22.4 Å². The number of esters is 1. The van der Waals surface area contributed by atoms with E-state index in [0.717, 1.165) is 11.6 Å². The SMILES string of the molecule is CC(NC(=O)c1cc2ccc(OC(=O)c3cccc([N+](=O)[O-])c3)cc2oc1=O)c1ccccc1. The highest BCUT2D eigenvalue weighted by atomic mass is 16.6. The van der Waals surface area contributed by atoms with Gasteiger partial charge in [-0.3, -0.25) is 14.9 Å². The summed E-state index contributed by atoms with van der Waals surface area (Å²) in [6.45, 7) is 1.80. The van der Waals surface area contributed by atoms with Crippen molar-refractivity contribution in [3.8, 4) is 5.75 Å². The van der Waals surface area contributed by atoms with Crippen LogP contribution in [0.3, 0.4) is 0 Å². The minimum atomic E-state index is -0.840. The number of benzene rings is 3. The smallest absolute Gasteiger partial charge is 0.349 e. The number of carbonyl (C=O) groups excluding carboxylic acids is 2. The Morgan fingerprint density at radius 1 is 1.00 bits per heavy atom. The lowest BCUT2D eigenvalue weighted by Crippen LogP contribution is -2.30. The molecule has 1 N–H and O–H groups in total. The summed E-state index contributed by atoms with van der Waals surface area (Å²) in [5.41, 5.74) is -0.246. The molecule has 0 spiro atoms. The van der Waals surface area contributed by atoms with E-state index in [4.69, 9.17) is 9.15 Å². The average Bonchev–Trinajstić information content (AvgIpc) is 2.84. The lowest BCUT2D eigenvalue weighted by molar-refractivity contribution is -0.384. The molecule has 0 bridgehead atoms. The first-order valence-corrected chi connectivity index (χ1v) is 10.2. The minimum absolute atomic E-state index is 0.00435. The highest BCUT2D eigenvalue weighted by Gasteiger charge is 2.18. The summed E-state index contributed by atoms with van der Waals surface area (Å²) in [4.78, 5) is 47.8. The molecule has 0 saturated carbocycles. The summed E-state index contributed by atoms with van der Waals surface area (Å²) >= 11 is 0. The van der Waals surface area contributed by atoms with Crippen LogP contribution < -0.4 is 15.7 Å². The standard InChI is InChI=1S/C25H18N2O7/c1-15(16-6-3-2-4-7-16)26-23(28)21-13-17-10-11-20(14-22(17)34-25(21)30)33-24(29)18-8-5-9-19(12-18)27(31)32/h2-15H,1H3,(H,26,28). The molecule has 9 nitrogen and oxygen atoms in total. The van der Waals surface area contributed by atoms with Crippen molar-refractivity contribution < 1.29 is 23.7 Å². The highest BCUT2D eigenvalue weighted by Crippen LogP contribution is 2.23. The molecule has 0 saturated heterocycles. The van der Waals surface area contributed by atoms with Crippen LogP contribution in [0, 0.1) is 10.1 Å². The maximum absolute atomic E-state index is 12.6. The molecule has 0 radical (unpaired) electrons. The lowest BCUT2D eigenvalue weighted by atomic mass is 10.1. The van der Waals surface area contributed by atoms with Gasteiger partial charge in [0.2, 0.25) is 0 Å². The average molecular weight is 458 g/mol. The fourth-order valence-corrected chi connectivity index (χ4v) is 3.33. The van der Waals surface area contributed by atoms with E-state index in [-0.39, 0.29) is 34.2 Å². The zero-order chi connectivity index (χ0) is 24.2. The normalized spacial score (nSPS) is 11.6. The fourth-order valence-electron chi connectivity index (χ4n) is 3.33. The third-order valence-electron chi connectivity index (χ3n) is 5.10. The maximum Gasteiger partial charge on any atom is 0.349 e. The molecule has 1 amide bonds. The minimum Gasteiger partial charge on any atom is -0.423 e. The number of nitro benzene ring substituents is 1. The van der Waals surface area contributed by atoms with Gasteiger partial charge in [-0.05, 0) is 36.8 Å². The second-order valence-corrected chi connectivity index (χ2v) is 7.45. The van der Waals surface area contributed by atoms with E-state index >= 15 is 0 Å². The Morgan fingerprint density at radius 3 is 2.50 bits per heavy atom. The Kier molecular flexibility index (Phi) is 6.18. The van der Waals surface area contributed by atoms with E-state index in [2.05, 4.69) is 5.32 Å². The summed E-state index contributed by atoms with van der Waals surface area (Å²) in [6, 6.07) is 19.8. The number of nitro groups is 1. The molecular formula is C25H18N2O7. The molecule has 1 aromatic heterocycles. The van der Waals surface area contributed by atoms with Crippen LogP contribution >= 0.6 is 0 Å². The Morgan fingerprint density at radius 2 is 1.76 bits per heavy atom. The third kappa shape index (κ3) is 4.83. The molecule has 9 heteroatoms. The van der Waals surface area contributed by atoms with Gasteiger partial charge in [-0.25, -0.2) is 9.59 Å². The number of ether oxygens (including phenoxy) is 1. The summed E-state index contributed by atoms with van der Waals surface area (Å²) in [5.74, 6) is -1.31. The molecule has 1 heterocycles. The molecule has 4 rings (SSSR count). The van der Waals surface area contributed by atoms with Gasteiger partial charge >= 0.3 is 11.6 Å². The van der Waals surface area contributed by atoms with Crippen molar-refractivity contribution in [1.82, 2.24) is 5.32 Å². The molecule has 3 aromatic carbocycles. The highest BCUT2D eigenvalue weighted by molar-refractivity contribution is 5.97. The van der Waals surface area contributed by atoms with Gasteiger partial charge in [-0.15, -0.1) is 0 Å². The zero-order valence-corrected chi connectivity index (χ0v) is 17.9. The van der Waals surface area contributed by atoms with Gasteiger partial charge in [0.25, 0.3) is 11.6 Å². The van der Waals surface area contributed by atoms with Crippen molar-refractivity contribution in [2.75, 3.05) is 0 Å². The number of fused-ring (bicyclic) bond motifs is 1. The number of carbonyl (C=O) groups is 2. The molecule has 0 aliphatic heterocycles. The molecule has 4 aromatic rings. The number of non-ortho nitro benzene ring substituents is 1. The van der Waals surface area contributed by atoms with Crippen LogP contribution in [-0.2, 0) is 0 Å². The van der Waals surface area contributed by atoms with E-state index in [9.17, 15) is 24.5 Å². The number of amides is 1. The lowest BCUT2D eigenvalue weighted by Gasteiger charge is -2.14. The maximum atomic E-state index is 12.6. The molecule has 170 valence electrons. The summed E-state index contributed by atoms with van der Waals surface area (Å²) < 4.78 is 10.5. The van der Waals surface area contributed by atoms with Crippen molar-refractivity contribution in [3.63, 3.8) is 0 Å². The predicted molar refractivity (Wildman–Crippen MR) is 123 cm³/mol. The second-order valence-electron chi connectivity index (χ2n) is 7.45. The van der Waals surface area contributed by atoms with Gasteiger partial charge in [-0.2, -0.15) is 0 Å². The van der Waals surface area contributed by atoms with Crippen LogP contribution in [-0.4, -0.2) is 16.8 Å². The van der Waals surface area contributed by atoms with Crippen LogP contribution in [0.15, 0.2) is 88.1 Å². The van der Waals surface area contributed by atoms with Gasteiger partial charge < -0.3 is 14.5 Å². The van der Waals surface area contributed by atoms with Gasteiger partial charge in [0, 0.05) is 23.6 Å². The van der Waals surface area contributed by atoms with Crippen LogP contribution in [0.4, 0.5) is 5.69 Å². The first kappa shape index (κ1) is 22.4. The Labute approximate surface area is 192 Å². The molecule has 0 fully saturated rings. The first-order valence-electron chi connectivity index (χ1n) is 10.2. The fraction of sp³-hybridized carbons (Fsp3) is 0.0800. The molecule has 0 aliphatic carbocycles. The number of hydrogen-bond donors (Lipinski definition) is 1. The largest absolute Gasteiger partial charge is 0.423 e. The Bertz CT molecular complexity index is 1460. The van der Waals surface area contributed by atoms with E-state index in [1.807, 2.05) is 30.3 Å². The topological polar surface area (TPSA) is 129 Å². The van der Waals surface area contributed by atoms with Crippen LogP contribution in [0.2, 0.25) is 0 Å². The predicted octanol–water partition coefficient (Wildman–Crippen LogP) is 4.41. The Balaban J connectivity index is 1.54. The van der Waals surface area contributed by atoms with Crippen LogP contribution in [0.1, 0.15) is 39.2 Å². The summed E-state index contributed by atoms with van der Waals surface area (Å²) in [7, 11) is 0. The van der Waals surface area contributed by atoms with E-state index in [1.54, 1.807) is 6.92 Å². The van der Waals surface area contributed by atoms with Crippen LogP contribution in [0.25, 0.3) is 11.0 Å². The van der Waals surface area contributed by atoms with E-state index in [1.165, 1.54) is 42.5 Å².